The van der Waals surface area contributed by atoms with Crippen LogP contribution in [0.5, 0.6) is 0 Å². The summed E-state index contributed by atoms with van der Waals surface area (Å²) in [5.74, 6) is -1.14. The van der Waals surface area contributed by atoms with E-state index in [2.05, 4.69) is 0 Å². The van der Waals surface area contributed by atoms with Gasteiger partial charge in [-0.25, -0.2) is 4.79 Å². The van der Waals surface area contributed by atoms with Crippen molar-refractivity contribution in [3.8, 4) is 0 Å². The molecule has 0 heterocycles. The van der Waals surface area contributed by atoms with Gasteiger partial charge in [0, 0.05) is 17.2 Å². The van der Waals surface area contributed by atoms with E-state index in [9.17, 15) is 9.59 Å². The number of aliphatic carboxylic acids is 1. The Morgan fingerprint density at radius 2 is 1.70 bits per heavy atom. The number of rotatable bonds is 4. The maximum atomic E-state index is 12.6. The van der Waals surface area contributed by atoms with Crippen molar-refractivity contribution < 1.29 is 14.7 Å². The van der Waals surface area contributed by atoms with E-state index in [4.69, 9.17) is 5.11 Å². The SMILES string of the molecule is Cc1cccc(/C=C/C(=O)O)c1C(=O)c1ccccc1. The van der Waals surface area contributed by atoms with Crippen LogP contribution in [0, 0.1) is 6.92 Å². The van der Waals surface area contributed by atoms with Gasteiger partial charge in [0.1, 0.15) is 0 Å². The highest BCUT2D eigenvalue weighted by atomic mass is 16.4. The van der Waals surface area contributed by atoms with Gasteiger partial charge in [-0.05, 0) is 24.1 Å². The van der Waals surface area contributed by atoms with Crippen molar-refractivity contribution in [1.29, 1.82) is 0 Å². The summed E-state index contributed by atoms with van der Waals surface area (Å²) in [4.78, 5) is 23.2. The third kappa shape index (κ3) is 3.01. The quantitative estimate of drug-likeness (QED) is 0.682. The number of aryl methyl sites for hydroxylation is 1. The van der Waals surface area contributed by atoms with Crippen LogP contribution in [0.4, 0.5) is 0 Å². The molecule has 0 atom stereocenters. The van der Waals surface area contributed by atoms with Crippen LogP contribution in [0.2, 0.25) is 0 Å². The average molecular weight is 266 g/mol. The van der Waals surface area contributed by atoms with E-state index in [-0.39, 0.29) is 5.78 Å². The summed E-state index contributed by atoms with van der Waals surface area (Å²) in [6, 6.07) is 14.3. The average Bonchev–Trinajstić information content (AvgIpc) is 2.45. The molecule has 0 fully saturated rings. The van der Waals surface area contributed by atoms with Crippen LogP contribution in [0.25, 0.3) is 6.08 Å². The predicted molar refractivity (Wildman–Crippen MR) is 77.7 cm³/mol. The van der Waals surface area contributed by atoms with E-state index in [1.165, 1.54) is 6.08 Å². The first-order valence-corrected chi connectivity index (χ1v) is 6.20. The van der Waals surface area contributed by atoms with Crippen LogP contribution in [0.15, 0.2) is 54.6 Å². The summed E-state index contributed by atoms with van der Waals surface area (Å²) in [5.41, 5.74) is 2.57. The Morgan fingerprint density at radius 1 is 1.00 bits per heavy atom. The molecule has 0 aliphatic heterocycles. The molecule has 0 aliphatic carbocycles. The fourth-order valence-corrected chi connectivity index (χ4v) is 2.03. The van der Waals surface area contributed by atoms with Gasteiger partial charge in [-0.15, -0.1) is 0 Å². The van der Waals surface area contributed by atoms with Crippen molar-refractivity contribution in [2.75, 3.05) is 0 Å². The van der Waals surface area contributed by atoms with Gasteiger partial charge in [0.05, 0.1) is 0 Å². The summed E-state index contributed by atoms with van der Waals surface area (Å²) >= 11 is 0. The molecule has 2 aromatic rings. The molecule has 0 saturated heterocycles. The van der Waals surface area contributed by atoms with Crippen LogP contribution < -0.4 is 0 Å². The molecule has 0 saturated carbocycles. The number of carboxylic acids is 1. The second-order valence-corrected chi connectivity index (χ2v) is 4.41. The summed E-state index contributed by atoms with van der Waals surface area (Å²) in [7, 11) is 0. The van der Waals surface area contributed by atoms with Crippen LogP contribution in [0.1, 0.15) is 27.0 Å². The van der Waals surface area contributed by atoms with Gasteiger partial charge in [-0.2, -0.15) is 0 Å². The summed E-state index contributed by atoms with van der Waals surface area (Å²) < 4.78 is 0. The zero-order valence-electron chi connectivity index (χ0n) is 11.0. The molecule has 20 heavy (non-hydrogen) atoms. The normalized spacial score (nSPS) is 10.7. The number of carbonyl (C=O) groups is 2. The predicted octanol–water partition coefficient (Wildman–Crippen LogP) is 3.32. The van der Waals surface area contributed by atoms with Crippen molar-refractivity contribution in [2.45, 2.75) is 6.92 Å². The second-order valence-electron chi connectivity index (χ2n) is 4.41. The van der Waals surface area contributed by atoms with E-state index >= 15 is 0 Å². The maximum Gasteiger partial charge on any atom is 0.328 e. The third-order valence-electron chi connectivity index (χ3n) is 2.97. The third-order valence-corrected chi connectivity index (χ3v) is 2.97. The number of ketones is 1. The highest BCUT2D eigenvalue weighted by Crippen LogP contribution is 2.20. The van der Waals surface area contributed by atoms with Crippen molar-refractivity contribution in [2.24, 2.45) is 0 Å². The van der Waals surface area contributed by atoms with Crippen LogP contribution in [-0.4, -0.2) is 16.9 Å². The van der Waals surface area contributed by atoms with Crippen molar-refractivity contribution in [1.82, 2.24) is 0 Å². The molecule has 2 aromatic carbocycles. The maximum absolute atomic E-state index is 12.6. The Labute approximate surface area is 117 Å². The monoisotopic (exact) mass is 266 g/mol. The summed E-state index contributed by atoms with van der Waals surface area (Å²) in [6.45, 7) is 1.84. The number of hydrogen-bond donors (Lipinski definition) is 1. The Morgan fingerprint density at radius 3 is 2.35 bits per heavy atom. The van der Waals surface area contributed by atoms with Gasteiger partial charge in [-0.1, -0.05) is 48.5 Å². The molecule has 3 nitrogen and oxygen atoms in total. The van der Waals surface area contributed by atoms with E-state index < -0.39 is 5.97 Å². The van der Waals surface area contributed by atoms with Gasteiger partial charge in [0.2, 0.25) is 0 Å². The van der Waals surface area contributed by atoms with Gasteiger partial charge in [0.25, 0.3) is 0 Å². The minimum atomic E-state index is -1.04. The number of benzene rings is 2. The number of carboxylic acid groups (broad SMARTS) is 1. The van der Waals surface area contributed by atoms with Crippen LogP contribution in [-0.2, 0) is 4.79 Å². The molecule has 0 unspecified atom stereocenters. The standard InChI is InChI=1S/C17H14O3/c1-12-6-5-9-13(10-11-15(18)19)16(12)17(20)14-7-3-2-4-8-14/h2-11H,1H3,(H,18,19)/b11-10+. The van der Waals surface area contributed by atoms with Gasteiger partial charge in [-0.3, -0.25) is 4.79 Å². The Balaban J connectivity index is 2.50. The first-order valence-electron chi connectivity index (χ1n) is 6.20. The molecular formula is C17H14O3. The molecule has 0 amide bonds. The molecule has 0 aromatic heterocycles. The second kappa shape index (κ2) is 5.97. The Bertz CT molecular complexity index is 670. The van der Waals surface area contributed by atoms with Gasteiger partial charge >= 0.3 is 5.97 Å². The topological polar surface area (TPSA) is 54.4 Å². The minimum Gasteiger partial charge on any atom is -0.478 e. The first kappa shape index (κ1) is 13.7. The van der Waals surface area contributed by atoms with E-state index in [0.717, 1.165) is 11.6 Å². The van der Waals surface area contributed by atoms with Crippen LogP contribution in [0.3, 0.4) is 0 Å². The lowest BCUT2D eigenvalue weighted by atomic mass is 9.94. The minimum absolute atomic E-state index is 0.103. The molecule has 0 radical (unpaired) electrons. The lowest BCUT2D eigenvalue weighted by Crippen LogP contribution is -2.06. The fraction of sp³-hybridized carbons (Fsp3) is 0.0588. The number of carbonyl (C=O) groups excluding carboxylic acids is 1. The molecule has 0 bridgehead atoms. The van der Waals surface area contributed by atoms with Gasteiger partial charge < -0.3 is 5.11 Å². The molecule has 0 spiro atoms. The van der Waals surface area contributed by atoms with E-state index in [1.54, 1.807) is 36.4 Å². The summed E-state index contributed by atoms with van der Waals surface area (Å²) in [5, 5.41) is 8.72. The van der Waals surface area contributed by atoms with Crippen molar-refractivity contribution in [3.05, 3.63) is 76.9 Å². The number of hydrogen-bond acceptors (Lipinski definition) is 2. The summed E-state index contributed by atoms with van der Waals surface area (Å²) in [6.07, 6.45) is 2.49. The largest absolute Gasteiger partial charge is 0.478 e. The van der Waals surface area contributed by atoms with Crippen molar-refractivity contribution in [3.63, 3.8) is 0 Å². The fourth-order valence-electron chi connectivity index (χ4n) is 2.03. The lowest BCUT2D eigenvalue weighted by Gasteiger charge is -2.09. The zero-order valence-corrected chi connectivity index (χ0v) is 11.0. The van der Waals surface area contributed by atoms with Crippen molar-refractivity contribution >= 4 is 17.8 Å². The molecular weight excluding hydrogens is 252 g/mol. The molecule has 0 aliphatic rings. The Kier molecular flexibility index (Phi) is 4.11. The molecule has 3 heteroatoms. The molecule has 1 N–H and O–H groups in total. The van der Waals surface area contributed by atoms with Gasteiger partial charge in [0.15, 0.2) is 5.78 Å². The Hall–Kier alpha value is -2.68. The highest BCUT2D eigenvalue weighted by Gasteiger charge is 2.14. The molecule has 2 rings (SSSR count). The van der Waals surface area contributed by atoms with Crippen LogP contribution >= 0.6 is 0 Å². The first-order chi connectivity index (χ1) is 9.59. The van der Waals surface area contributed by atoms with E-state index in [1.807, 2.05) is 19.1 Å². The highest BCUT2D eigenvalue weighted by molar-refractivity contribution is 6.12. The smallest absolute Gasteiger partial charge is 0.328 e. The van der Waals surface area contributed by atoms with E-state index in [0.29, 0.717) is 16.7 Å². The lowest BCUT2D eigenvalue weighted by molar-refractivity contribution is -0.131. The molecule has 100 valence electrons. The zero-order chi connectivity index (χ0) is 14.5.